The van der Waals surface area contributed by atoms with Crippen molar-refractivity contribution < 1.29 is 4.79 Å². The summed E-state index contributed by atoms with van der Waals surface area (Å²) in [5.41, 5.74) is 5.38. The van der Waals surface area contributed by atoms with Crippen molar-refractivity contribution in [1.29, 1.82) is 0 Å². The highest BCUT2D eigenvalue weighted by Crippen LogP contribution is 2.19. The maximum absolute atomic E-state index is 11.2. The van der Waals surface area contributed by atoms with Crippen LogP contribution in [0.2, 0.25) is 0 Å². The molecule has 1 heterocycles. The first-order valence-electron chi connectivity index (χ1n) is 9.89. The molecule has 2 unspecified atom stereocenters. The van der Waals surface area contributed by atoms with Crippen molar-refractivity contribution in [2.24, 2.45) is 22.6 Å². The van der Waals surface area contributed by atoms with Crippen LogP contribution in [0.3, 0.4) is 0 Å². The molecule has 0 aliphatic carbocycles. The number of likely N-dealkylation sites (tertiary alicyclic amines) is 1. The van der Waals surface area contributed by atoms with Gasteiger partial charge >= 0.3 is 0 Å². The zero-order chi connectivity index (χ0) is 18.8. The van der Waals surface area contributed by atoms with Gasteiger partial charge in [-0.1, -0.05) is 27.7 Å². The second-order valence-corrected chi connectivity index (χ2v) is 7.56. The van der Waals surface area contributed by atoms with Crippen LogP contribution < -0.4 is 11.1 Å². The molecule has 1 saturated heterocycles. The quantitative estimate of drug-likeness (QED) is 0.490. The van der Waals surface area contributed by atoms with Gasteiger partial charge in [0, 0.05) is 39.1 Å². The van der Waals surface area contributed by atoms with E-state index in [0.717, 1.165) is 51.5 Å². The van der Waals surface area contributed by atoms with E-state index >= 15 is 0 Å². The lowest BCUT2D eigenvalue weighted by molar-refractivity contribution is -0.119. The van der Waals surface area contributed by atoms with Gasteiger partial charge in [0.25, 0.3) is 0 Å². The Balaban J connectivity index is 2.65. The van der Waals surface area contributed by atoms with Crippen LogP contribution in [0.25, 0.3) is 0 Å². The van der Waals surface area contributed by atoms with Gasteiger partial charge in [-0.25, -0.2) is 0 Å². The van der Waals surface area contributed by atoms with Crippen LogP contribution in [-0.4, -0.2) is 67.5 Å². The average Bonchev–Trinajstić information content (AvgIpc) is 2.55. The number of carbonyl (C=O) groups excluding carboxylic acids is 1. The smallest absolute Gasteiger partial charge is 0.217 e. The van der Waals surface area contributed by atoms with Crippen molar-refractivity contribution in [3.63, 3.8) is 0 Å². The minimum Gasteiger partial charge on any atom is -0.370 e. The molecule has 2 atom stereocenters. The number of amides is 1. The van der Waals surface area contributed by atoms with Gasteiger partial charge < -0.3 is 16.0 Å². The number of guanidine groups is 1. The van der Waals surface area contributed by atoms with Crippen molar-refractivity contribution in [2.45, 2.75) is 59.4 Å². The molecule has 0 spiro atoms. The van der Waals surface area contributed by atoms with E-state index in [-0.39, 0.29) is 5.91 Å². The lowest BCUT2D eigenvalue weighted by atomic mass is 9.95. The highest BCUT2D eigenvalue weighted by molar-refractivity contribution is 5.80. The highest BCUT2D eigenvalue weighted by Gasteiger charge is 2.24. The summed E-state index contributed by atoms with van der Waals surface area (Å²) in [6, 6.07) is 0.512. The fourth-order valence-corrected chi connectivity index (χ4v) is 3.90. The Labute approximate surface area is 154 Å². The molecule has 0 aromatic rings. The summed E-state index contributed by atoms with van der Waals surface area (Å²) in [7, 11) is 1.84. The Hall–Kier alpha value is -1.30. The zero-order valence-corrected chi connectivity index (χ0v) is 16.9. The van der Waals surface area contributed by atoms with E-state index in [2.05, 4.69) is 47.8 Å². The maximum atomic E-state index is 11.2. The molecule has 1 fully saturated rings. The molecule has 146 valence electrons. The number of nitrogens with zero attached hydrogens (tertiary/aromatic N) is 3. The molecule has 1 amide bonds. The molecule has 1 aliphatic heterocycles. The number of piperidine rings is 1. The molecular formula is C19H39N5O. The van der Waals surface area contributed by atoms with Crippen molar-refractivity contribution >= 4 is 11.9 Å². The standard InChI is InChI=1S/C19H39N5O/c1-6-23(7-2)17(11-15(3)4)13-22-19(21-5)24-10-8-9-16(14-24)12-18(20)25/h15-17H,6-14H2,1-5H3,(H2,20,25)(H,21,22). The minimum atomic E-state index is -0.201. The minimum absolute atomic E-state index is 0.201. The van der Waals surface area contributed by atoms with Crippen molar-refractivity contribution in [3.8, 4) is 0 Å². The van der Waals surface area contributed by atoms with E-state index in [1.807, 2.05) is 7.05 Å². The number of hydrogen-bond donors (Lipinski definition) is 2. The van der Waals surface area contributed by atoms with Gasteiger partial charge in [0.1, 0.15) is 0 Å². The van der Waals surface area contributed by atoms with Crippen LogP contribution in [0.4, 0.5) is 0 Å². The molecule has 0 aromatic carbocycles. The summed E-state index contributed by atoms with van der Waals surface area (Å²) in [6.45, 7) is 13.9. The van der Waals surface area contributed by atoms with E-state index in [0.29, 0.717) is 24.3 Å². The first kappa shape index (κ1) is 21.7. The monoisotopic (exact) mass is 353 g/mol. The van der Waals surface area contributed by atoms with Crippen LogP contribution in [0, 0.1) is 11.8 Å². The van der Waals surface area contributed by atoms with Crippen LogP contribution in [0.15, 0.2) is 4.99 Å². The number of nitrogens with one attached hydrogen (secondary N) is 1. The molecule has 3 N–H and O–H groups in total. The predicted octanol–water partition coefficient (Wildman–Crippen LogP) is 1.91. The van der Waals surface area contributed by atoms with E-state index in [1.165, 1.54) is 6.42 Å². The second-order valence-electron chi connectivity index (χ2n) is 7.56. The number of likely N-dealkylation sites (N-methyl/N-ethyl adjacent to an activating group) is 1. The third kappa shape index (κ3) is 7.63. The summed E-state index contributed by atoms with van der Waals surface area (Å²) in [4.78, 5) is 20.5. The van der Waals surface area contributed by atoms with Gasteiger partial charge in [-0.15, -0.1) is 0 Å². The van der Waals surface area contributed by atoms with Crippen LogP contribution in [0.5, 0.6) is 0 Å². The summed E-state index contributed by atoms with van der Waals surface area (Å²) in [6.07, 6.45) is 3.81. The van der Waals surface area contributed by atoms with Gasteiger partial charge in [-0.05, 0) is 44.2 Å². The molecule has 0 aromatic heterocycles. The summed E-state index contributed by atoms with van der Waals surface area (Å²) >= 11 is 0. The van der Waals surface area contributed by atoms with E-state index in [4.69, 9.17) is 5.73 Å². The van der Waals surface area contributed by atoms with Crippen LogP contribution in [0.1, 0.15) is 53.4 Å². The fourth-order valence-electron chi connectivity index (χ4n) is 3.90. The zero-order valence-electron chi connectivity index (χ0n) is 16.9. The maximum Gasteiger partial charge on any atom is 0.217 e. The Morgan fingerprint density at radius 3 is 2.56 bits per heavy atom. The Bertz CT molecular complexity index is 420. The number of aliphatic imine (C=N–C) groups is 1. The van der Waals surface area contributed by atoms with E-state index in [1.54, 1.807) is 0 Å². The Morgan fingerprint density at radius 1 is 1.36 bits per heavy atom. The van der Waals surface area contributed by atoms with Crippen LogP contribution >= 0.6 is 0 Å². The van der Waals surface area contributed by atoms with Gasteiger partial charge in [-0.3, -0.25) is 14.7 Å². The van der Waals surface area contributed by atoms with E-state index < -0.39 is 0 Å². The SMILES string of the molecule is CCN(CC)C(CNC(=NC)N1CCCC(CC(N)=O)C1)CC(C)C. The first-order chi connectivity index (χ1) is 11.9. The molecular weight excluding hydrogens is 314 g/mol. The summed E-state index contributed by atoms with van der Waals surface area (Å²) in [5, 5.41) is 3.59. The highest BCUT2D eigenvalue weighted by atomic mass is 16.1. The van der Waals surface area contributed by atoms with Crippen molar-refractivity contribution in [2.75, 3.05) is 39.8 Å². The van der Waals surface area contributed by atoms with Gasteiger partial charge in [0.15, 0.2) is 5.96 Å². The molecule has 0 saturated carbocycles. The lowest BCUT2D eigenvalue weighted by Crippen LogP contribution is -2.51. The molecule has 0 bridgehead atoms. The van der Waals surface area contributed by atoms with Crippen molar-refractivity contribution in [1.82, 2.24) is 15.1 Å². The molecule has 6 nitrogen and oxygen atoms in total. The first-order valence-corrected chi connectivity index (χ1v) is 9.89. The van der Waals surface area contributed by atoms with Gasteiger partial charge in [-0.2, -0.15) is 0 Å². The Kier molecular flexibility index (Phi) is 9.86. The number of primary amides is 1. The number of rotatable bonds is 9. The Morgan fingerprint density at radius 2 is 2.04 bits per heavy atom. The second kappa shape index (κ2) is 11.3. The molecule has 0 radical (unpaired) electrons. The van der Waals surface area contributed by atoms with Gasteiger partial charge in [0.05, 0.1) is 0 Å². The fraction of sp³-hybridized carbons (Fsp3) is 0.895. The average molecular weight is 354 g/mol. The lowest BCUT2D eigenvalue weighted by Gasteiger charge is -2.36. The summed E-state index contributed by atoms with van der Waals surface area (Å²) in [5.74, 6) is 1.77. The topological polar surface area (TPSA) is 74.0 Å². The van der Waals surface area contributed by atoms with Crippen molar-refractivity contribution in [3.05, 3.63) is 0 Å². The number of carbonyl (C=O) groups is 1. The number of hydrogen-bond acceptors (Lipinski definition) is 3. The third-order valence-electron chi connectivity index (χ3n) is 5.09. The van der Waals surface area contributed by atoms with E-state index in [9.17, 15) is 4.79 Å². The molecule has 25 heavy (non-hydrogen) atoms. The summed E-state index contributed by atoms with van der Waals surface area (Å²) < 4.78 is 0. The molecule has 1 aliphatic rings. The molecule has 1 rings (SSSR count). The van der Waals surface area contributed by atoms with Gasteiger partial charge in [0.2, 0.25) is 5.91 Å². The normalized spacial score (nSPS) is 20.2. The van der Waals surface area contributed by atoms with Crippen LogP contribution in [-0.2, 0) is 4.79 Å². The largest absolute Gasteiger partial charge is 0.370 e. The number of nitrogens with two attached hydrogens (primary N) is 1. The third-order valence-corrected chi connectivity index (χ3v) is 5.09. The predicted molar refractivity (Wildman–Crippen MR) is 106 cm³/mol. The molecule has 6 heteroatoms.